The molecule has 0 bridgehead atoms. The van der Waals surface area contributed by atoms with Crippen LogP contribution in [0, 0.1) is 5.92 Å². The Balaban J connectivity index is 2.09. The zero-order chi connectivity index (χ0) is 9.97. The van der Waals surface area contributed by atoms with Crippen LogP contribution in [0.15, 0.2) is 24.3 Å². The van der Waals surface area contributed by atoms with E-state index in [1.807, 2.05) is 12.1 Å². The van der Waals surface area contributed by atoms with Crippen LogP contribution in [-0.2, 0) is 0 Å². The number of hydrogen-bond donors (Lipinski definition) is 1. The smallest absolute Gasteiger partial charge is 0.0314 e. The van der Waals surface area contributed by atoms with Gasteiger partial charge in [0.2, 0.25) is 0 Å². The molecule has 2 unspecified atom stereocenters. The third-order valence-electron chi connectivity index (χ3n) is 3.13. The van der Waals surface area contributed by atoms with E-state index in [1.165, 1.54) is 23.5 Å². The van der Waals surface area contributed by atoms with E-state index in [1.54, 1.807) is 0 Å². The van der Waals surface area contributed by atoms with Crippen LogP contribution in [0.5, 0.6) is 0 Å². The van der Waals surface area contributed by atoms with Gasteiger partial charge in [-0.2, -0.15) is 11.8 Å². The van der Waals surface area contributed by atoms with Crippen molar-refractivity contribution >= 4 is 17.4 Å². The van der Waals surface area contributed by atoms with Gasteiger partial charge in [-0.25, -0.2) is 0 Å². The maximum absolute atomic E-state index is 5.68. The first-order valence-electron chi connectivity index (χ1n) is 5.20. The van der Waals surface area contributed by atoms with Gasteiger partial charge in [0.25, 0.3) is 0 Å². The maximum Gasteiger partial charge on any atom is 0.0314 e. The van der Waals surface area contributed by atoms with E-state index in [9.17, 15) is 0 Å². The highest BCUT2D eigenvalue weighted by atomic mass is 32.2. The van der Waals surface area contributed by atoms with Crippen molar-refractivity contribution in [2.45, 2.75) is 19.3 Å². The molecular formula is C12H17NS. The Morgan fingerprint density at radius 2 is 2.07 bits per heavy atom. The van der Waals surface area contributed by atoms with Gasteiger partial charge in [0, 0.05) is 5.69 Å². The fraction of sp³-hybridized carbons (Fsp3) is 0.500. The molecule has 0 aliphatic carbocycles. The molecule has 0 aromatic heterocycles. The van der Waals surface area contributed by atoms with Crippen molar-refractivity contribution in [3.63, 3.8) is 0 Å². The Kier molecular flexibility index (Phi) is 3.02. The first kappa shape index (κ1) is 9.91. The largest absolute Gasteiger partial charge is 0.399 e. The van der Waals surface area contributed by atoms with Gasteiger partial charge in [-0.15, -0.1) is 0 Å². The average molecular weight is 207 g/mol. The van der Waals surface area contributed by atoms with Crippen LogP contribution in [0.3, 0.4) is 0 Å². The molecule has 1 aromatic carbocycles. The minimum Gasteiger partial charge on any atom is -0.399 e. The number of rotatable bonds is 2. The monoisotopic (exact) mass is 207 g/mol. The van der Waals surface area contributed by atoms with Gasteiger partial charge in [-0.05, 0) is 47.5 Å². The minimum absolute atomic E-state index is 0.686. The summed E-state index contributed by atoms with van der Waals surface area (Å²) in [7, 11) is 0. The van der Waals surface area contributed by atoms with E-state index in [0.29, 0.717) is 5.92 Å². The summed E-state index contributed by atoms with van der Waals surface area (Å²) >= 11 is 2.08. The summed E-state index contributed by atoms with van der Waals surface area (Å²) in [4.78, 5) is 0. The Hall–Kier alpha value is -0.630. The lowest BCUT2D eigenvalue weighted by Crippen LogP contribution is -2.08. The molecule has 0 amide bonds. The van der Waals surface area contributed by atoms with E-state index in [4.69, 9.17) is 5.73 Å². The number of thioether (sulfide) groups is 1. The average Bonchev–Trinajstić information content (AvgIpc) is 2.71. The zero-order valence-electron chi connectivity index (χ0n) is 8.57. The second kappa shape index (κ2) is 4.26. The van der Waals surface area contributed by atoms with Crippen LogP contribution in [-0.4, -0.2) is 11.5 Å². The van der Waals surface area contributed by atoms with Crippen LogP contribution in [0.25, 0.3) is 0 Å². The van der Waals surface area contributed by atoms with Crippen molar-refractivity contribution in [2.75, 3.05) is 17.2 Å². The van der Waals surface area contributed by atoms with Gasteiger partial charge in [0.05, 0.1) is 0 Å². The highest BCUT2D eigenvalue weighted by Crippen LogP contribution is 2.35. The third-order valence-corrected chi connectivity index (χ3v) is 4.32. The number of nitrogens with two attached hydrogens (primary N) is 1. The third kappa shape index (κ3) is 2.06. The van der Waals surface area contributed by atoms with Gasteiger partial charge in [0.1, 0.15) is 0 Å². The lowest BCUT2D eigenvalue weighted by atomic mass is 9.87. The molecule has 2 rings (SSSR count). The van der Waals surface area contributed by atoms with Crippen LogP contribution in [0.1, 0.15) is 24.8 Å². The molecule has 1 heterocycles. The van der Waals surface area contributed by atoms with E-state index in [-0.39, 0.29) is 0 Å². The number of nitrogen functional groups attached to an aromatic ring is 1. The SMILES string of the molecule is CC(c1ccc(N)cc1)C1CCSC1. The fourth-order valence-electron chi connectivity index (χ4n) is 2.02. The van der Waals surface area contributed by atoms with Gasteiger partial charge in [-0.1, -0.05) is 19.1 Å². The number of anilines is 1. The van der Waals surface area contributed by atoms with Crippen molar-refractivity contribution in [3.05, 3.63) is 29.8 Å². The second-order valence-electron chi connectivity index (χ2n) is 4.08. The van der Waals surface area contributed by atoms with Crippen molar-refractivity contribution in [3.8, 4) is 0 Å². The van der Waals surface area contributed by atoms with Crippen LogP contribution in [0.2, 0.25) is 0 Å². The Morgan fingerprint density at radius 1 is 1.36 bits per heavy atom. The molecule has 2 heteroatoms. The lowest BCUT2D eigenvalue weighted by Gasteiger charge is -2.18. The molecule has 14 heavy (non-hydrogen) atoms. The molecule has 1 saturated heterocycles. The normalized spacial score (nSPS) is 23.6. The summed E-state index contributed by atoms with van der Waals surface area (Å²) < 4.78 is 0. The molecule has 1 fully saturated rings. The van der Waals surface area contributed by atoms with Crippen molar-refractivity contribution in [1.82, 2.24) is 0 Å². The van der Waals surface area contributed by atoms with Gasteiger partial charge in [-0.3, -0.25) is 0 Å². The van der Waals surface area contributed by atoms with Crippen molar-refractivity contribution in [1.29, 1.82) is 0 Å². The molecule has 1 aliphatic heterocycles. The zero-order valence-corrected chi connectivity index (χ0v) is 9.39. The van der Waals surface area contributed by atoms with E-state index < -0.39 is 0 Å². The Morgan fingerprint density at radius 3 is 2.64 bits per heavy atom. The molecule has 0 spiro atoms. The molecule has 2 atom stereocenters. The summed E-state index contributed by atoms with van der Waals surface area (Å²) in [6.45, 7) is 2.34. The quantitative estimate of drug-likeness (QED) is 0.754. The van der Waals surface area contributed by atoms with Gasteiger partial charge < -0.3 is 5.73 Å². The molecule has 1 aliphatic rings. The van der Waals surface area contributed by atoms with Crippen molar-refractivity contribution < 1.29 is 0 Å². The van der Waals surface area contributed by atoms with Crippen LogP contribution < -0.4 is 5.73 Å². The number of benzene rings is 1. The fourth-order valence-corrected chi connectivity index (χ4v) is 3.41. The molecular weight excluding hydrogens is 190 g/mol. The summed E-state index contributed by atoms with van der Waals surface area (Å²) in [5, 5.41) is 0. The molecule has 76 valence electrons. The topological polar surface area (TPSA) is 26.0 Å². The van der Waals surface area contributed by atoms with Crippen molar-refractivity contribution in [2.24, 2.45) is 5.92 Å². The Labute approximate surface area is 90.1 Å². The highest BCUT2D eigenvalue weighted by molar-refractivity contribution is 7.99. The predicted molar refractivity (Wildman–Crippen MR) is 64.7 cm³/mol. The molecule has 1 aromatic rings. The molecule has 2 N–H and O–H groups in total. The maximum atomic E-state index is 5.68. The summed E-state index contributed by atoms with van der Waals surface area (Å²) in [5.74, 6) is 4.21. The predicted octanol–water partition coefficient (Wildman–Crippen LogP) is 3.13. The summed E-state index contributed by atoms with van der Waals surface area (Å²) in [5.41, 5.74) is 7.98. The molecule has 1 nitrogen and oxygen atoms in total. The standard InChI is InChI=1S/C12H17NS/c1-9(11-6-7-14-8-11)10-2-4-12(13)5-3-10/h2-5,9,11H,6-8,13H2,1H3. The summed E-state index contributed by atoms with van der Waals surface area (Å²) in [6, 6.07) is 8.35. The van der Waals surface area contributed by atoms with Gasteiger partial charge >= 0.3 is 0 Å². The lowest BCUT2D eigenvalue weighted by molar-refractivity contribution is 0.500. The molecule has 0 saturated carbocycles. The summed E-state index contributed by atoms with van der Waals surface area (Å²) in [6.07, 6.45) is 1.37. The van der Waals surface area contributed by atoms with E-state index >= 15 is 0 Å². The van der Waals surface area contributed by atoms with Gasteiger partial charge in [0.15, 0.2) is 0 Å². The second-order valence-corrected chi connectivity index (χ2v) is 5.23. The first-order valence-corrected chi connectivity index (χ1v) is 6.36. The molecule has 0 radical (unpaired) electrons. The first-order chi connectivity index (χ1) is 6.77. The van der Waals surface area contributed by atoms with Crippen LogP contribution >= 0.6 is 11.8 Å². The number of hydrogen-bond acceptors (Lipinski definition) is 2. The highest BCUT2D eigenvalue weighted by Gasteiger charge is 2.22. The van der Waals surface area contributed by atoms with Crippen LogP contribution in [0.4, 0.5) is 5.69 Å². The minimum atomic E-state index is 0.686. The van der Waals surface area contributed by atoms with E-state index in [0.717, 1.165) is 11.6 Å². The Bertz CT molecular complexity index is 288. The van der Waals surface area contributed by atoms with E-state index in [2.05, 4.69) is 30.8 Å².